The van der Waals surface area contributed by atoms with E-state index in [-0.39, 0.29) is 5.56 Å². The third-order valence-corrected chi connectivity index (χ3v) is 4.74. The average molecular weight is 347 g/mol. The number of nitrogens with one attached hydrogen (secondary N) is 1. The maximum absolute atomic E-state index is 13.9. The molecule has 1 aromatic rings. The van der Waals surface area contributed by atoms with Crippen molar-refractivity contribution in [2.24, 2.45) is 0 Å². The van der Waals surface area contributed by atoms with Crippen molar-refractivity contribution in [1.29, 1.82) is 5.26 Å². The average Bonchev–Trinajstić information content (AvgIpc) is 2.30. The van der Waals surface area contributed by atoms with Gasteiger partial charge in [0, 0.05) is 21.4 Å². The van der Waals surface area contributed by atoms with Crippen LogP contribution in [0, 0.1) is 17.1 Å². The minimum Gasteiger partial charge on any atom is -0.598 e. The lowest BCUT2D eigenvalue weighted by atomic mass is 9.94. The molecule has 0 radical (unpaired) electrons. The van der Waals surface area contributed by atoms with E-state index in [0.29, 0.717) is 4.47 Å². The molecule has 2 atom stereocenters. The van der Waals surface area contributed by atoms with Crippen LogP contribution < -0.4 is 4.72 Å². The van der Waals surface area contributed by atoms with Crippen molar-refractivity contribution in [2.45, 2.75) is 38.0 Å². The van der Waals surface area contributed by atoms with Crippen LogP contribution in [0.3, 0.4) is 0 Å². The molecule has 1 N–H and O–H groups in total. The fourth-order valence-corrected chi connectivity index (χ4v) is 2.55. The number of halogens is 2. The molecule has 1 rings (SSSR count). The zero-order valence-corrected chi connectivity index (χ0v) is 13.7. The summed E-state index contributed by atoms with van der Waals surface area (Å²) in [6.45, 7) is 6.86. The zero-order chi connectivity index (χ0) is 14.8. The predicted octanol–water partition coefficient (Wildman–Crippen LogP) is 3.38. The highest BCUT2D eigenvalue weighted by molar-refractivity contribution is 9.10. The first-order valence-corrected chi connectivity index (χ1v) is 7.61. The van der Waals surface area contributed by atoms with Gasteiger partial charge in [0.1, 0.15) is 10.6 Å². The van der Waals surface area contributed by atoms with E-state index in [1.807, 2.05) is 6.07 Å². The van der Waals surface area contributed by atoms with Gasteiger partial charge in [-0.2, -0.15) is 5.26 Å². The van der Waals surface area contributed by atoms with Gasteiger partial charge in [-0.15, -0.1) is 4.72 Å². The maximum atomic E-state index is 13.9. The number of hydrogen-bond acceptors (Lipinski definition) is 3. The minimum absolute atomic E-state index is 0.168. The third kappa shape index (κ3) is 3.93. The molecule has 0 bridgehead atoms. The molecule has 3 nitrogen and oxygen atoms in total. The minimum atomic E-state index is -1.48. The van der Waals surface area contributed by atoms with E-state index in [1.54, 1.807) is 26.8 Å². The predicted molar refractivity (Wildman–Crippen MR) is 78.1 cm³/mol. The lowest BCUT2D eigenvalue weighted by Crippen LogP contribution is -2.49. The van der Waals surface area contributed by atoms with Crippen molar-refractivity contribution < 1.29 is 8.94 Å². The second-order valence-electron chi connectivity index (χ2n) is 5.34. The number of hydrogen-bond donors (Lipinski definition) is 1. The van der Waals surface area contributed by atoms with Crippen molar-refractivity contribution in [3.05, 3.63) is 34.1 Å². The molecule has 19 heavy (non-hydrogen) atoms. The fourth-order valence-electron chi connectivity index (χ4n) is 1.36. The Morgan fingerprint density at radius 1 is 1.37 bits per heavy atom. The van der Waals surface area contributed by atoms with Gasteiger partial charge in [-0.3, -0.25) is 0 Å². The monoisotopic (exact) mass is 346 g/mol. The summed E-state index contributed by atoms with van der Waals surface area (Å²) >= 11 is 1.77. The van der Waals surface area contributed by atoms with Crippen LogP contribution in [0.5, 0.6) is 0 Å². The standard InChI is InChI=1S/C13H16BrFN2OS/c1-12(2,3)19(18)17-13(4,8-16)10-7-9(14)5-6-11(10)15/h5-7,17H,1-4H3/t13-,19?/m0/s1. The molecule has 1 unspecified atom stereocenters. The van der Waals surface area contributed by atoms with Crippen molar-refractivity contribution in [3.8, 4) is 6.07 Å². The summed E-state index contributed by atoms with van der Waals surface area (Å²) in [5.74, 6) is -0.509. The summed E-state index contributed by atoms with van der Waals surface area (Å²) in [6, 6.07) is 6.35. The molecule has 0 fully saturated rings. The lowest BCUT2D eigenvalue weighted by Gasteiger charge is -2.31. The first-order valence-electron chi connectivity index (χ1n) is 5.66. The van der Waals surface area contributed by atoms with Crippen LogP contribution in [0.15, 0.2) is 22.7 Å². The van der Waals surface area contributed by atoms with Gasteiger partial charge in [0.25, 0.3) is 0 Å². The Kier molecular flexibility index (Phi) is 5.02. The third-order valence-electron chi connectivity index (χ3n) is 2.54. The van der Waals surface area contributed by atoms with E-state index >= 15 is 0 Å². The van der Waals surface area contributed by atoms with Crippen LogP contribution in [0.25, 0.3) is 0 Å². The number of benzene rings is 1. The Hall–Kier alpha value is -0.610. The molecular weight excluding hydrogens is 331 g/mol. The Balaban J connectivity index is 3.18. The summed E-state index contributed by atoms with van der Waals surface area (Å²) in [5, 5.41) is 9.34. The molecular formula is C13H16BrFN2OS. The Morgan fingerprint density at radius 3 is 2.42 bits per heavy atom. The zero-order valence-electron chi connectivity index (χ0n) is 11.3. The Labute approximate surface area is 124 Å². The normalized spacial score (nSPS) is 16.5. The van der Waals surface area contributed by atoms with Gasteiger partial charge in [0.2, 0.25) is 0 Å². The van der Waals surface area contributed by atoms with E-state index in [0.717, 1.165) is 0 Å². The molecule has 0 saturated carbocycles. The molecule has 0 aromatic heterocycles. The summed E-state index contributed by atoms with van der Waals surface area (Å²) in [6.07, 6.45) is 0. The molecule has 1 aromatic carbocycles. The van der Waals surface area contributed by atoms with Crippen LogP contribution >= 0.6 is 15.9 Å². The lowest BCUT2D eigenvalue weighted by molar-refractivity contribution is 0.479. The van der Waals surface area contributed by atoms with E-state index in [1.165, 1.54) is 19.1 Å². The molecule has 0 saturated heterocycles. The number of nitriles is 1. The first-order chi connectivity index (χ1) is 8.60. The van der Waals surface area contributed by atoms with Crippen LogP contribution in [0.4, 0.5) is 4.39 Å². The molecule has 0 aliphatic carbocycles. The van der Waals surface area contributed by atoms with Gasteiger partial charge in [0.05, 0.1) is 6.07 Å². The van der Waals surface area contributed by atoms with Gasteiger partial charge in [0.15, 0.2) is 5.54 Å². The quantitative estimate of drug-likeness (QED) is 0.853. The van der Waals surface area contributed by atoms with E-state index in [2.05, 4.69) is 20.7 Å². The van der Waals surface area contributed by atoms with Gasteiger partial charge in [-0.25, -0.2) is 4.39 Å². The Bertz CT molecular complexity index is 512. The summed E-state index contributed by atoms with van der Waals surface area (Å²) in [7, 11) is 0. The topological polar surface area (TPSA) is 58.9 Å². The molecule has 0 spiro atoms. The van der Waals surface area contributed by atoms with Crippen LogP contribution in [-0.2, 0) is 16.9 Å². The Morgan fingerprint density at radius 2 is 1.95 bits per heavy atom. The molecule has 104 valence electrons. The number of nitrogens with zero attached hydrogens (tertiary/aromatic N) is 1. The smallest absolute Gasteiger partial charge is 0.174 e. The molecule has 6 heteroatoms. The van der Waals surface area contributed by atoms with Gasteiger partial charge < -0.3 is 4.55 Å². The van der Waals surface area contributed by atoms with Crippen molar-refractivity contribution in [3.63, 3.8) is 0 Å². The van der Waals surface area contributed by atoms with Crippen molar-refractivity contribution in [2.75, 3.05) is 0 Å². The second-order valence-corrected chi connectivity index (χ2v) is 8.23. The van der Waals surface area contributed by atoms with E-state index in [9.17, 15) is 14.2 Å². The number of rotatable bonds is 3. The molecule has 0 heterocycles. The summed E-state index contributed by atoms with van der Waals surface area (Å²) in [5.41, 5.74) is -1.19. The van der Waals surface area contributed by atoms with Gasteiger partial charge in [-0.05, 0) is 45.9 Å². The van der Waals surface area contributed by atoms with Crippen molar-refractivity contribution in [1.82, 2.24) is 4.72 Å². The van der Waals surface area contributed by atoms with Crippen LogP contribution in [0.2, 0.25) is 0 Å². The van der Waals surface area contributed by atoms with E-state index < -0.39 is 27.5 Å². The van der Waals surface area contributed by atoms with Crippen molar-refractivity contribution >= 4 is 27.3 Å². The first kappa shape index (κ1) is 16.4. The van der Waals surface area contributed by atoms with Crippen LogP contribution in [0.1, 0.15) is 33.3 Å². The largest absolute Gasteiger partial charge is 0.598 e. The fraction of sp³-hybridized carbons (Fsp3) is 0.462. The second kappa shape index (κ2) is 5.80. The summed E-state index contributed by atoms with van der Waals surface area (Å²) in [4.78, 5) is 0. The van der Waals surface area contributed by atoms with Gasteiger partial charge in [-0.1, -0.05) is 15.9 Å². The molecule has 0 aliphatic rings. The van der Waals surface area contributed by atoms with Crippen LogP contribution in [-0.4, -0.2) is 9.30 Å². The molecule has 0 aliphatic heterocycles. The molecule has 0 amide bonds. The van der Waals surface area contributed by atoms with E-state index in [4.69, 9.17) is 0 Å². The highest BCUT2D eigenvalue weighted by atomic mass is 79.9. The highest BCUT2D eigenvalue weighted by Crippen LogP contribution is 2.29. The SMILES string of the molecule is CC(C)(C)[S+]([O-])N[C@@](C)(C#N)c1cc(Br)ccc1F. The van der Waals surface area contributed by atoms with Gasteiger partial charge >= 0.3 is 0 Å². The maximum Gasteiger partial charge on any atom is 0.174 e. The summed E-state index contributed by atoms with van der Waals surface area (Å²) < 4.78 is 28.8. The highest BCUT2D eigenvalue weighted by Gasteiger charge is 2.39.